The number of nitrogens with two attached hydrogens (primary N) is 1. The predicted molar refractivity (Wildman–Crippen MR) is 50.0 cm³/mol. The van der Waals surface area contributed by atoms with E-state index in [9.17, 15) is 0 Å². The number of hydrogen-bond donors (Lipinski definition) is 2. The number of nitrogens with zero attached hydrogens (tertiary/aromatic N) is 1. The zero-order valence-electron chi connectivity index (χ0n) is 8.02. The minimum Gasteiger partial charge on any atom is -0.330 e. The lowest BCUT2D eigenvalue weighted by Crippen LogP contribution is -2.22. The van der Waals surface area contributed by atoms with Crippen LogP contribution < -0.4 is 5.73 Å². The van der Waals surface area contributed by atoms with Crippen LogP contribution in [-0.2, 0) is 5.41 Å². The molecule has 1 heterocycles. The van der Waals surface area contributed by atoms with Crippen LogP contribution in [0.25, 0.3) is 0 Å². The van der Waals surface area contributed by atoms with E-state index in [0.717, 1.165) is 17.8 Å². The maximum atomic E-state index is 5.52. The molecule has 0 atom stereocenters. The Kier molecular flexibility index (Phi) is 2.52. The zero-order valence-corrected chi connectivity index (χ0v) is 8.02. The normalized spacial score (nSPS) is 12.0. The molecule has 0 fully saturated rings. The fraction of sp³-hybridized carbons (Fsp3) is 0.667. The Morgan fingerprint density at radius 3 is 2.67 bits per heavy atom. The average molecular weight is 167 g/mol. The second kappa shape index (κ2) is 3.27. The molecule has 0 spiro atoms. The molecular weight excluding hydrogens is 150 g/mol. The molecule has 3 N–H and O–H groups in total. The lowest BCUT2D eigenvalue weighted by molar-refractivity contribution is 0.472. The number of aromatic nitrogens is 2. The number of aryl methyl sites for hydroxylation is 1. The zero-order chi connectivity index (χ0) is 9.19. The third-order valence-electron chi connectivity index (χ3n) is 2.17. The molecule has 0 aliphatic rings. The Hall–Kier alpha value is -0.830. The Morgan fingerprint density at radius 1 is 1.58 bits per heavy atom. The molecule has 3 nitrogen and oxygen atoms in total. The molecule has 0 radical (unpaired) electrons. The van der Waals surface area contributed by atoms with E-state index in [0.29, 0.717) is 6.54 Å². The Balaban J connectivity index is 2.81. The fourth-order valence-corrected chi connectivity index (χ4v) is 1.25. The van der Waals surface area contributed by atoms with Gasteiger partial charge >= 0.3 is 0 Å². The first-order chi connectivity index (χ1) is 5.56. The quantitative estimate of drug-likeness (QED) is 0.714. The summed E-state index contributed by atoms with van der Waals surface area (Å²) in [7, 11) is 0. The van der Waals surface area contributed by atoms with E-state index in [2.05, 4.69) is 30.1 Å². The molecule has 68 valence electrons. The maximum Gasteiger partial charge on any atom is 0.0681 e. The van der Waals surface area contributed by atoms with Gasteiger partial charge in [0, 0.05) is 11.1 Å². The minimum absolute atomic E-state index is 0.0967. The second-order valence-corrected chi connectivity index (χ2v) is 3.86. The highest BCUT2D eigenvalue weighted by Crippen LogP contribution is 2.24. The van der Waals surface area contributed by atoms with Gasteiger partial charge in [-0.2, -0.15) is 5.10 Å². The standard InChI is InChI=1S/C9H17N3/c1-7-6-8(12-11-7)9(2,3)4-5-10/h6H,4-5,10H2,1-3H3,(H,11,12). The largest absolute Gasteiger partial charge is 0.330 e. The summed E-state index contributed by atoms with van der Waals surface area (Å²) < 4.78 is 0. The number of aromatic amines is 1. The van der Waals surface area contributed by atoms with Crippen molar-refractivity contribution in [2.24, 2.45) is 5.73 Å². The van der Waals surface area contributed by atoms with Gasteiger partial charge in [-0.05, 0) is 26.0 Å². The van der Waals surface area contributed by atoms with Crippen LogP contribution in [-0.4, -0.2) is 16.7 Å². The van der Waals surface area contributed by atoms with Crippen molar-refractivity contribution in [1.29, 1.82) is 0 Å². The van der Waals surface area contributed by atoms with Crippen LogP contribution in [0.2, 0.25) is 0 Å². The van der Waals surface area contributed by atoms with Crippen LogP contribution >= 0.6 is 0 Å². The number of H-pyrrole nitrogens is 1. The Labute approximate surface area is 73.4 Å². The van der Waals surface area contributed by atoms with Gasteiger partial charge in [0.25, 0.3) is 0 Å². The summed E-state index contributed by atoms with van der Waals surface area (Å²) >= 11 is 0. The molecule has 3 heteroatoms. The third kappa shape index (κ3) is 1.85. The topological polar surface area (TPSA) is 54.7 Å². The average Bonchev–Trinajstić information content (AvgIpc) is 2.36. The van der Waals surface area contributed by atoms with Gasteiger partial charge in [0.05, 0.1) is 5.69 Å². The molecule has 0 aliphatic carbocycles. The molecule has 0 saturated heterocycles. The van der Waals surface area contributed by atoms with Crippen LogP contribution in [0.3, 0.4) is 0 Å². The van der Waals surface area contributed by atoms with E-state index >= 15 is 0 Å². The summed E-state index contributed by atoms with van der Waals surface area (Å²) in [6, 6.07) is 2.08. The van der Waals surface area contributed by atoms with E-state index in [4.69, 9.17) is 5.73 Å². The summed E-state index contributed by atoms with van der Waals surface area (Å²) in [5.74, 6) is 0. The first kappa shape index (κ1) is 9.26. The first-order valence-electron chi connectivity index (χ1n) is 4.29. The van der Waals surface area contributed by atoms with Gasteiger partial charge in [-0.15, -0.1) is 0 Å². The highest BCUT2D eigenvalue weighted by molar-refractivity contribution is 5.16. The van der Waals surface area contributed by atoms with Gasteiger partial charge in [-0.25, -0.2) is 0 Å². The summed E-state index contributed by atoms with van der Waals surface area (Å²) in [6.45, 7) is 7.04. The van der Waals surface area contributed by atoms with Crippen molar-refractivity contribution in [3.05, 3.63) is 17.5 Å². The SMILES string of the molecule is Cc1cc(C(C)(C)CCN)n[nH]1. The molecule has 1 aromatic rings. The second-order valence-electron chi connectivity index (χ2n) is 3.86. The Bertz CT molecular complexity index is 250. The molecule has 0 aliphatic heterocycles. The maximum absolute atomic E-state index is 5.52. The molecule has 12 heavy (non-hydrogen) atoms. The molecule has 0 saturated carbocycles. The number of rotatable bonds is 3. The summed E-state index contributed by atoms with van der Waals surface area (Å²) in [4.78, 5) is 0. The van der Waals surface area contributed by atoms with Crippen molar-refractivity contribution in [2.45, 2.75) is 32.6 Å². The molecule has 1 rings (SSSR count). The molecule has 0 amide bonds. The number of nitrogens with one attached hydrogen (secondary N) is 1. The minimum atomic E-state index is 0.0967. The van der Waals surface area contributed by atoms with Crippen LogP contribution in [0.4, 0.5) is 0 Å². The lowest BCUT2D eigenvalue weighted by atomic mass is 9.86. The van der Waals surface area contributed by atoms with Gasteiger partial charge < -0.3 is 5.73 Å². The Morgan fingerprint density at radius 2 is 2.25 bits per heavy atom. The summed E-state index contributed by atoms with van der Waals surface area (Å²) in [6.07, 6.45) is 0.970. The highest BCUT2D eigenvalue weighted by atomic mass is 15.1. The lowest BCUT2D eigenvalue weighted by Gasteiger charge is -2.20. The molecule has 0 bridgehead atoms. The van der Waals surface area contributed by atoms with Crippen molar-refractivity contribution in [3.63, 3.8) is 0 Å². The van der Waals surface area contributed by atoms with Crippen molar-refractivity contribution in [1.82, 2.24) is 10.2 Å². The van der Waals surface area contributed by atoms with Crippen LogP contribution in [0, 0.1) is 6.92 Å². The monoisotopic (exact) mass is 167 g/mol. The van der Waals surface area contributed by atoms with Crippen molar-refractivity contribution in [3.8, 4) is 0 Å². The van der Waals surface area contributed by atoms with E-state index < -0.39 is 0 Å². The molecule has 0 unspecified atom stereocenters. The smallest absolute Gasteiger partial charge is 0.0681 e. The molecular formula is C9H17N3. The van der Waals surface area contributed by atoms with Crippen molar-refractivity contribution < 1.29 is 0 Å². The summed E-state index contributed by atoms with van der Waals surface area (Å²) in [5.41, 5.74) is 7.83. The van der Waals surface area contributed by atoms with E-state index in [-0.39, 0.29) is 5.41 Å². The summed E-state index contributed by atoms with van der Waals surface area (Å²) in [5, 5.41) is 7.17. The molecule has 0 aromatic carbocycles. The van der Waals surface area contributed by atoms with E-state index in [1.807, 2.05) is 6.92 Å². The van der Waals surface area contributed by atoms with Crippen LogP contribution in [0.1, 0.15) is 31.7 Å². The van der Waals surface area contributed by atoms with E-state index in [1.165, 1.54) is 0 Å². The predicted octanol–water partition coefficient (Wildman–Crippen LogP) is 1.34. The highest BCUT2D eigenvalue weighted by Gasteiger charge is 2.21. The fourth-order valence-electron chi connectivity index (χ4n) is 1.25. The van der Waals surface area contributed by atoms with Gasteiger partial charge in [0.15, 0.2) is 0 Å². The van der Waals surface area contributed by atoms with Crippen LogP contribution in [0.15, 0.2) is 6.07 Å². The van der Waals surface area contributed by atoms with Crippen molar-refractivity contribution in [2.75, 3.05) is 6.54 Å². The van der Waals surface area contributed by atoms with Crippen LogP contribution in [0.5, 0.6) is 0 Å². The molecule has 1 aromatic heterocycles. The first-order valence-corrected chi connectivity index (χ1v) is 4.29. The van der Waals surface area contributed by atoms with Crippen molar-refractivity contribution >= 4 is 0 Å². The van der Waals surface area contributed by atoms with Gasteiger partial charge in [0.1, 0.15) is 0 Å². The number of hydrogen-bond acceptors (Lipinski definition) is 2. The third-order valence-corrected chi connectivity index (χ3v) is 2.17. The van der Waals surface area contributed by atoms with E-state index in [1.54, 1.807) is 0 Å². The van der Waals surface area contributed by atoms with Gasteiger partial charge in [0.2, 0.25) is 0 Å². The van der Waals surface area contributed by atoms with Gasteiger partial charge in [-0.3, -0.25) is 5.10 Å². The van der Waals surface area contributed by atoms with Gasteiger partial charge in [-0.1, -0.05) is 13.8 Å².